The highest BCUT2D eigenvalue weighted by Crippen LogP contribution is 2.07. The Hall–Kier alpha value is -0.830. The van der Waals surface area contributed by atoms with Gasteiger partial charge in [0.25, 0.3) is 0 Å². The lowest BCUT2D eigenvalue weighted by Gasteiger charge is -1.87. The molecule has 0 atom stereocenters. The van der Waals surface area contributed by atoms with Gasteiger partial charge in [-0.1, -0.05) is 0 Å². The van der Waals surface area contributed by atoms with Crippen molar-refractivity contribution in [2.24, 2.45) is 4.99 Å². The first-order chi connectivity index (χ1) is 4.93. The summed E-state index contributed by atoms with van der Waals surface area (Å²) in [5, 5.41) is 0. The summed E-state index contributed by atoms with van der Waals surface area (Å²) < 4.78 is 0. The summed E-state index contributed by atoms with van der Waals surface area (Å²) in [6.45, 7) is 0. The van der Waals surface area contributed by atoms with Crippen LogP contribution in [0.25, 0.3) is 0 Å². The Morgan fingerprint density at radius 1 is 1.70 bits per heavy atom. The second kappa shape index (κ2) is 4.06. The molecule has 0 fully saturated rings. The fourth-order valence-corrected chi connectivity index (χ4v) is 0.771. The smallest absolute Gasteiger partial charge is 0.0819 e. The number of aliphatic imine (C=N–C) groups is 1. The molecule has 1 heterocycles. The van der Waals surface area contributed by atoms with Gasteiger partial charge in [0.05, 0.1) is 17.4 Å². The summed E-state index contributed by atoms with van der Waals surface area (Å²) in [6.07, 6.45) is 5.44. The molecule has 2 nitrogen and oxygen atoms in total. The van der Waals surface area contributed by atoms with E-state index in [0.717, 1.165) is 5.69 Å². The molecule has 0 amide bonds. The van der Waals surface area contributed by atoms with Crippen molar-refractivity contribution in [3.05, 3.63) is 24.5 Å². The molecule has 0 spiro atoms. The quantitative estimate of drug-likeness (QED) is 0.479. The maximum absolute atomic E-state index is 4.10. The van der Waals surface area contributed by atoms with Crippen LogP contribution in [0.3, 0.4) is 0 Å². The van der Waals surface area contributed by atoms with Crippen LogP contribution in [-0.2, 0) is 0 Å². The highest BCUT2D eigenvalue weighted by Gasteiger charge is 1.81. The van der Waals surface area contributed by atoms with E-state index in [1.54, 1.807) is 29.7 Å². The Balaban J connectivity index is 2.67. The molecule has 0 saturated carbocycles. The molecule has 0 aliphatic carbocycles. The molecule has 0 aliphatic heterocycles. The standard InChI is InChI=1S/C7H8N2S/c1-10-6-9-7-3-2-4-8-5-7/h2-6H,1H3. The van der Waals surface area contributed by atoms with Crippen LogP contribution in [0.2, 0.25) is 0 Å². The number of hydrogen-bond donors (Lipinski definition) is 0. The van der Waals surface area contributed by atoms with Crippen molar-refractivity contribution in [2.45, 2.75) is 0 Å². The van der Waals surface area contributed by atoms with Crippen LogP contribution in [0.15, 0.2) is 29.5 Å². The predicted molar refractivity (Wildman–Crippen MR) is 45.9 cm³/mol. The van der Waals surface area contributed by atoms with E-state index >= 15 is 0 Å². The molecule has 52 valence electrons. The lowest BCUT2D eigenvalue weighted by molar-refractivity contribution is 1.31. The van der Waals surface area contributed by atoms with Gasteiger partial charge in [-0.25, -0.2) is 4.99 Å². The van der Waals surface area contributed by atoms with Crippen molar-refractivity contribution >= 4 is 23.0 Å². The first kappa shape index (κ1) is 7.28. The van der Waals surface area contributed by atoms with Gasteiger partial charge in [-0.2, -0.15) is 0 Å². The van der Waals surface area contributed by atoms with Crippen LogP contribution in [0.5, 0.6) is 0 Å². The Kier molecular flexibility index (Phi) is 2.96. The topological polar surface area (TPSA) is 25.2 Å². The summed E-state index contributed by atoms with van der Waals surface area (Å²) in [5.41, 5.74) is 2.69. The summed E-state index contributed by atoms with van der Waals surface area (Å²) in [4.78, 5) is 8.01. The van der Waals surface area contributed by atoms with Gasteiger partial charge in [-0.05, 0) is 18.4 Å². The monoisotopic (exact) mass is 152 g/mol. The third kappa shape index (κ3) is 2.19. The van der Waals surface area contributed by atoms with Crippen molar-refractivity contribution in [1.29, 1.82) is 0 Å². The molecule has 10 heavy (non-hydrogen) atoms. The van der Waals surface area contributed by atoms with E-state index in [1.807, 2.05) is 18.4 Å². The summed E-state index contributed by atoms with van der Waals surface area (Å²) in [7, 11) is 0. The first-order valence-corrected chi connectivity index (χ1v) is 4.17. The second-order valence-corrected chi connectivity index (χ2v) is 2.36. The molecule has 1 aromatic heterocycles. The number of thioether (sulfide) groups is 1. The van der Waals surface area contributed by atoms with Crippen LogP contribution in [-0.4, -0.2) is 16.8 Å². The van der Waals surface area contributed by atoms with Gasteiger partial charge in [-0.3, -0.25) is 4.98 Å². The van der Waals surface area contributed by atoms with Crippen molar-refractivity contribution in [1.82, 2.24) is 4.98 Å². The molecular weight excluding hydrogens is 144 g/mol. The van der Waals surface area contributed by atoms with Crippen LogP contribution in [0.1, 0.15) is 0 Å². The largest absolute Gasteiger partial charge is 0.262 e. The molecule has 0 N–H and O–H groups in total. The van der Waals surface area contributed by atoms with Gasteiger partial charge < -0.3 is 0 Å². The Labute approximate surface area is 64.4 Å². The Morgan fingerprint density at radius 3 is 3.20 bits per heavy atom. The van der Waals surface area contributed by atoms with Gasteiger partial charge in [0.1, 0.15) is 0 Å². The summed E-state index contributed by atoms with van der Waals surface area (Å²) in [5.74, 6) is 0. The Morgan fingerprint density at radius 2 is 2.60 bits per heavy atom. The van der Waals surface area contributed by atoms with Gasteiger partial charge >= 0.3 is 0 Å². The number of rotatable bonds is 2. The highest BCUT2D eigenvalue weighted by atomic mass is 32.2. The van der Waals surface area contributed by atoms with Crippen LogP contribution in [0, 0.1) is 0 Å². The van der Waals surface area contributed by atoms with Crippen molar-refractivity contribution in [3.63, 3.8) is 0 Å². The third-order valence-corrected chi connectivity index (χ3v) is 1.27. The molecule has 1 aromatic rings. The number of nitrogens with zero attached hydrogens (tertiary/aromatic N) is 2. The minimum Gasteiger partial charge on any atom is -0.262 e. The van der Waals surface area contributed by atoms with Crippen molar-refractivity contribution < 1.29 is 0 Å². The number of pyridine rings is 1. The van der Waals surface area contributed by atoms with Gasteiger partial charge in [-0.15, -0.1) is 11.8 Å². The number of hydrogen-bond acceptors (Lipinski definition) is 3. The van der Waals surface area contributed by atoms with E-state index < -0.39 is 0 Å². The van der Waals surface area contributed by atoms with Crippen LogP contribution >= 0.6 is 11.8 Å². The minimum absolute atomic E-state index is 0.900. The van der Waals surface area contributed by atoms with Gasteiger partial charge in [0.2, 0.25) is 0 Å². The maximum Gasteiger partial charge on any atom is 0.0819 e. The van der Waals surface area contributed by atoms with E-state index in [9.17, 15) is 0 Å². The molecule has 0 aromatic carbocycles. The fourth-order valence-electron chi connectivity index (χ4n) is 0.544. The average Bonchev–Trinajstić information content (AvgIpc) is 2.03. The highest BCUT2D eigenvalue weighted by molar-refractivity contribution is 8.11. The van der Waals surface area contributed by atoms with E-state index in [1.165, 1.54) is 0 Å². The van der Waals surface area contributed by atoms with E-state index in [4.69, 9.17) is 0 Å². The lowest BCUT2D eigenvalue weighted by Crippen LogP contribution is -1.67. The lowest BCUT2D eigenvalue weighted by atomic mass is 10.4. The molecule has 0 saturated heterocycles. The Bertz CT molecular complexity index is 208. The zero-order valence-corrected chi connectivity index (χ0v) is 6.51. The molecule has 0 aliphatic rings. The third-order valence-electron chi connectivity index (χ3n) is 0.953. The van der Waals surface area contributed by atoms with Crippen molar-refractivity contribution in [2.75, 3.05) is 6.26 Å². The molecule has 3 heteroatoms. The molecule has 0 radical (unpaired) electrons. The van der Waals surface area contributed by atoms with E-state index in [2.05, 4.69) is 9.98 Å². The minimum atomic E-state index is 0.900. The van der Waals surface area contributed by atoms with E-state index in [-0.39, 0.29) is 0 Å². The zero-order chi connectivity index (χ0) is 7.23. The predicted octanol–water partition coefficient (Wildman–Crippen LogP) is 2.10. The fraction of sp³-hybridized carbons (Fsp3) is 0.143. The number of aromatic nitrogens is 1. The first-order valence-electron chi connectivity index (χ1n) is 2.89. The van der Waals surface area contributed by atoms with Gasteiger partial charge in [0, 0.05) is 6.20 Å². The average molecular weight is 152 g/mol. The van der Waals surface area contributed by atoms with E-state index in [0.29, 0.717) is 0 Å². The zero-order valence-electron chi connectivity index (χ0n) is 5.69. The SMILES string of the molecule is CSC=Nc1cccnc1. The van der Waals surface area contributed by atoms with Crippen LogP contribution < -0.4 is 0 Å². The molecular formula is C7H8N2S. The van der Waals surface area contributed by atoms with Gasteiger partial charge in [0.15, 0.2) is 0 Å². The van der Waals surface area contributed by atoms with Crippen molar-refractivity contribution in [3.8, 4) is 0 Å². The molecule has 0 bridgehead atoms. The summed E-state index contributed by atoms with van der Waals surface area (Å²) >= 11 is 1.58. The maximum atomic E-state index is 4.10. The normalized spacial score (nSPS) is 10.5. The molecule has 1 rings (SSSR count). The summed E-state index contributed by atoms with van der Waals surface area (Å²) in [6, 6.07) is 3.78. The van der Waals surface area contributed by atoms with Crippen LogP contribution in [0.4, 0.5) is 5.69 Å². The second-order valence-electron chi connectivity index (χ2n) is 1.68. The molecule has 0 unspecified atom stereocenters.